The van der Waals surface area contributed by atoms with Crippen molar-refractivity contribution in [1.82, 2.24) is 20.5 Å². The highest BCUT2D eigenvalue weighted by atomic mass is 15.1. The Bertz CT molecular complexity index is 569. The summed E-state index contributed by atoms with van der Waals surface area (Å²) < 4.78 is 0. The molecule has 106 valence electrons. The van der Waals surface area contributed by atoms with Crippen molar-refractivity contribution < 1.29 is 0 Å². The van der Waals surface area contributed by atoms with Crippen molar-refractivity contribution in [3.8, 4) is 11.3 Å². The smallest absolute Gasteiger partial charge is 0.128 e. The molecule has 1 saturated heterocycles. The number of hydrogen-bond donors (Lipinski definition) is 2. The summed E-state index contributed by atoms with van der Waals surface area (Å²) in [5, 5.41) is 11.1. The zero-order chi connectivity index (χ0) is 13.9. The van der Waals surface area contributed by atoms with E-state index >= 15 is 0 Å². The molecule has 0 aromatic carbocycles. The molecule has 0 saturated carbocycles. The monoisotopic (exact) mass is 271 g/mol. The maximum Gasteiger partial charge on any atom is 0.128 e. The van der Waals surface area contributed by atoms with Gasteiger partial charge in [-0.15, -0.1) is 0 Å². The van der Waals surface area contributed by atoms with E-state index in [-0.39, 0.29) is 0 Å². The van der Waals surface area contributed by atoms with Gasteiger partial charge in [0.1, 0.15) is 5.82 Å². The predicted molar refractivity (Wildman–Crippen MR) is 81.0 cm³/mol. The van der Waals surface area contributed by atoms with Gasteiger partial charge in [-0.05, 0) is 44.1 Å². The fourth-order valence-corrected chi connectivity index (χ4v) is 2.65. The fraction of sp³-hybridized carbons (Fsp3) is 0.467. The van der Waals surface area contributed by atoms with Crippen LogP contribution in [-0.2, 0) is 0 Å². The van der Waals surface area contributed by atoms with Gasteiger partial charge in [-0.3, -0.25) is 5.10 Å². The van der Waals surface area contributed by atoms with Crippen molar-refractivity contribution >= 4 is 5.82 Å². The van der Waals surface area contributed by atoms with Crippen LogP contribution in [0.3, 0.4) is 0 Å². The van der Waals surface area contributed by atoms with Gasteiger partial charge in [0.15, 0.2) is 0 Å². The van der Waals surface area contributed by atoms with Crippen molar-refractivity contribution in [2.24, 2.45) is 0 Å². The number of nitrogens with zero attached hydrogens (tertiary/aromatic N) is 3. The van der Waals surface area contributed by atoms with Gasteiger partial charge in [0.05, 0.1) is 5.69 Å². The summed E-state index contributed by atoms with van der Waals surface area (Å²) in [6.45, 7) is 2.19. The van der Waals surface area contributed by atoms with E-state index in [9.17, 15) is 0 Å². The Balaban J connectivity index is 1.84. The molecule has 0 atom stereocenters. The van der Waals surface area contributed by atoms with E-state index in [1.165, 1.54) is 18.5 Å². The lowest BCUT2D eigenvalue weighted by molar-refractivity contribution is 0.453. The lowest BCUT2D eigenvalue weighted by Crippen LogP contribution is -2.26. The van der Waals surface area contributed by atoms with Crippen molar-refractivity contribution in [3.05, 3.63) is 30.1 Å². The van der Waals surface area contributed by atoms with Gasteiger partial charge in [0, 0.05) is 37.5 Å². The summed E-state index contributed by atoms with van der Waals surface area (Å²) >= 11 is 0. The quantitative estimate of drug-likeness (QED) is 0.896. The second kappa shape index (κ2) is 5.63. The van der Waals surface area contributed by atoms with Crippen LogP contribution in [0.4, 0.5) is 5.82 Å². The molecule has 5 nitrogen and oxygen atoms in total. The molecular weight excluding hydrogens is 250 g/mol. The van der Waals surface area contributed by atoms with Crippen LogP contribution in [0, 0.1) is 0 Å². The molecule has 3 heterocycles. The van der Waals surface area contributed by atoms with E-state index in [0.717, 1.165) is 30.2 Å². The van der Waals surface area contributed by atoms with Gasteiger partial charge in [0.2, 0.25) is 0 Å². The van der Waals surface area contributed by atoms with Gasteiger partial charge in [0.25, 0.3) is 0 Å². The minimum atomic E-state index is 0.604. The molecule has 0 amide bonds. The molecule has 2 aromatic rings. The number of hydrogen-bond acceptors (Lipinski definition) is 4. The number of piperidine rings is 1. The van der Waals surface area contributed by atoms with Crippen LogP contribution in [0.15, 0.2) is 24.4 Å². The molecule has 0 aliphatic carbocycles. The Morgan fingerprint density at radius 3 is 2.75 bits per heavy atom. The fourth-order valence-electron chi connectivity index (χ4n) is 2.65. The standard InChI is InChI=1S/C15H21N5/c1-20(2)15-9-12(5-8-17-15)14-10-13(18-19-14)11-3-6-16-7-4-11/h5,8-11,16H,3-4,6-7H2,1-2H3,(H,18,19). The van der Waals surface area contributed by atoms with E-state index in [2.05, 4.69) is 32.6 Å². The number of aromatic amines is 1. The minimum Gasteiger partial charge on any atom is -0.363 e. The highest BCUT2D eigenvalue weighted by Crippen LogP contribution is 2.27. The number of nitrogens with one attached hydrogen (secondary N) is 2. The SMILES string of the molecule is CN(C)c1cc(-c2cc(C3CCNCC3)[nH]n2)ccn1. The first-order valence-corrected chi connectivity index (χ1v) is 7.14. The van der Waals surface area contributed by atoms with E-state index in [1.807, 2.05) is 31.3 Å². The van der Waals surface area contributed by atoms with Crippen LogP contribution in [0.1, 0.15) is 24.5 Å². The average molecular weight is 271 g/mol. The third-order valence-electron chi connectivity index (χ3n) is 3.88. The van der Waals surface area contributed by atoms with E-state index < -0.39 is 0 Å². The number of anilines is 1. The first kappa shape index (κ1) is 13.1. The van der Waals surface area contributed by atoms with Gasteiger partial charge >= 0.3 is 0 Å². The zero-order valence-corrected chi connectivity index (χ0v) is 12.1. The number of H-pyrrole nitrogens is 1. The highest BCUT2D eigenvalue weighted by Gasteiger charge is 2.17. The molecule has 1 aliphatic heterocycles. The van der Waals surface area contributed by atoms with Crippen LogP contribution in [0.25, 0.3) is 11.3 Å². The largest absolute Gasteiger partial charge is 0.363 e. The molecule has 20 heavy (non-hydrogen) atoms. The summed E-state index contributed by atoms with van der Waals surface area (Å²) in [6.07, 6.45) is 4.20. The minimum absolute atomic E-state index is 0.604. The van der Waals surface area contributed by atoms with E-state index in [0.29, 0.717) is 5.92 Å². The molecule has 0 bridgehead atoms. The first-order valence-electron chi connectivity index (χ1n) is 7.14. The first-order chi connectivity index (χ1) is 9.74. The zero-order valence-electron chi connectivity index (χ0n) is 12.1. The Morgan fingerprint density at radius 1 is 1.20 bits per heavy atom. The Kier molecular flexibility index (Phi) is 3.69. The molecular formula is C15H21N5. The third kappa shape index (κ3) is 2.67. The highest BCUT2D eigenvalue weighted by molar-refractivity contribution is 5.63. The predicted octanol–water partition coefficient (Wildman–Crippen LogP) is 2.00. The molecule has 2 N–H and O–H groups in total. The number of pyridine rings is 1. The Hall–Kier alpha value is -1.88. The van der Waals surface area contributed by atoms with E-state index in [1.54, 1.807) is 0 Å². The topological polar surface area (TPSA) is 56.8 Å². The number of aromatic nitrogens is 3. The summed E-state index contributed by atoms with van der Waals surface area (Å²) in [5.74, 6) is 1.56. The van der Waals surface area contributed by atoms with Crippen LogP contribution in [0.5, 0.6) is 0 Å². The Morgan fingerprint density at radius 2 is 2.00 bits per heavy atom. The molecule has 5 heteroatoms. The third-order valence-corrected chi connectivity index (χ3v) is 3.88. The van der Waals surface area contributed by atoms with Gasteiger partial charge in [-0.1, -0.05) is 0 Å². The van der Waals surface area contributed by atoms with Crippen LogP contribution in [-0.4, -0.2) is 42.4 Å². The van der Waals surface area contributed by atoms with Crippen molar-refractivity contribution in [1.29, 1.82) is 0 Å². The summed E-state index contributed by atoms with van der Waals surface area (Å²) in [5.41, 5.74) is 3.37. The molecule has 0 spiro atoms. The molecule has 1 fully saturated rings. The molecule has 1 aliphatic rings. The second-order valence-corrected chi connectivity index (χ2v) is 5.53. The van der Waals surface area contributed by atoms with Crippen molar-refractivity contribution in [3.63, 3.8) is 0 Å². The van der Waals surface area contributed by atoms with Crippen molar-refractivity contribution in [2.75, 3.05) is 32.1 Å². The van der Waals surface area contributed by atoms with Crippen LogP contribution < -0.4 is 10.2 Å². The molecule has 0 unspecified atom stereocenters. The summed E-state index contributed by atoms with van der Waals surface area (Å²) in [6, 6.07) is 6.27. The molecule has 2 aromatic heterocycles. The number of rotatable bonds is 3. The maximum absolute atomic E-state index is 4.47. The summed E-state index contributed by atoms with van der Waals surface area (Å²) in [4.78, 5) is 6.34. The van der Waals surface area contributed by atoms with Crippen LogP contribution in [0.2, 0.25) is 0 Å². The van der Waals surface area contributed by atoms with Crippen molar-refractivity contribution in [2.45, 2.75) is 18.8 Å². The van der Waals surface area contributed by atoms with Gasteiger partial charge in [-0.25, -0.2) is 4.98 Å². The lowest BCUT2D eigenvalue weighted by atomic mass is 9.94. The van der Waals surface area contributed by atoms with Gasteiger partial charge in [-0.2, -0.15) is 5.10 Å². The van der Waals surface area contributed by atoms with Gasteiger partial charge < -0.3 is 10.2 Å². The Labute approximate surface area is 119 Å². The normalized spacial score (nSPS) is 16.3. The second-order valence-electron chi connectivity index (χ2n) is 5.53. The van der Waals surface area contributed by atoms with E-state index in [4.69, 9.17) is 0 Å². The maximum atomic E-state index is 4.47. The average Bonchev–Trinajstić information content (AvgIpc) is 2.98. The molecule has 0 radical (unpaired) electrons. The van der Waals surface area contributed by atoms with Crippen LogP contribution >= 0.6 is 0 Å². The summed E-state index contributed by atoms with van der Waals surface area (Å²) in [7, 11) is 3.99. The molecule has 3 rings (SSSR count). The lowest BCUT2D eigenvalue weighted by Gasteiger charge is -2.20.